The molecule has 1 aliphatic rings. The second kappa shape index (κ2) is 10.8. The van der Waals surface area contributed by atoms with Crippen LogP contribution in [0.4, 0.5) is 0 Å². The van der Waals surface area contributed by atoms with E-state index in [1.165, 1.54) is 7.11 Å². The van der Waals surface area contributed by atoms with Gasteiger partial charge in [-0.2, -0.15) is 0 Å². The average Bonchev–Trinajstić information content (AvgIpc) is 3.20. The first-order valence-corrected chi connectivity index (χ1v) is 12.1. The number of carbonyl (C=O) groups excluding carboxylic acids is 1. The fourth-order valence-corrected chi connectivity index (χ4v) is 4.57. The second-order valence-electron chi connectivity index (χ2n) is 7.69. The minimum Gasteiger partial charge on any atom is -0.480 e. The van der Waals surface area contributed by atoms with Gasteiger partial charge in [0.15, 0.2) is 5.69 Å². The molecule has 0 aliphatic carbocycles. The number of carbonyl (C=O) groups is 1. The molecule has 0 radical (unpaired) electrons. The molecule has 0 saturated carbocycles. The number of hydrogen-bond acceptors (Lipinski definition) is 7. The van der Waals surface area contributed by atoms with Gasteiger partial charge in [0.1, 0.15) is 11.9 Å². The number of hydrazine groups is 1. The number of halogens is 3. The van der Waals surface area contributed by atoms with E-state index in [1.807, 2.05) is 24.3 Å². The summed E-state index contributed by atoms with van der Waals surface area (Å²) in [5.74, 6) is 0.129. The van der Waals surface area contributed by atoms with Crippen LogP contribution in [0.2, 0.25) is 10.0 Å². The standard InChI is InChI=1S/C22H20BrCl2N5O5/c1-34-22-19(21(31)27-28-10-8-16(9-11-28)35-30(32)33)26-20(17-7-4-14(24)12-18(17)25)29(22)15-5-2-13(23)3-6-15/h2-7,12,16H,8-11H2,1H3,(H,27,31). The number of rotatable bonds is 7. The van der Waals surface area contributed by atoms with Gasteiger partial charge in [0, 0.05) is 28.1 Å². The van der Waals surface area contributed by atoms with Crippen LogP contribution in [0, 0.1) is 10.1 Å². The SMILES string of the molecule is COc1c(C(=O)NN2CCC(O[N+](=O)[O-])CC2)nc(-c2ccc(Cl)cc2Cl)n1-c1ccc(Br)cc1. The second-order valence-corrected chi connectivity index (χ2v) is 9.44. The summed E-state index contributed by atoms with van der Waals surface area (Å²) in [6, 6.07) is 12.4. The number of aromatic nitrogens is 2. The number of piperidine rings is 1. The Labute approximate surface area is 218 Å². The number of nitrogens with one attached hydrogen (secondary N) is 1. The summed E-state index contributed by atoms with van der Waals surface area (Å²) in [6.07, 6.45) is 0.303. The predicted octanol–water partition coefficient (Wildman–Crippen LogP) is 4.93. The molecule has 3 aromatic rings. The zero-order valence-electron chi connectivity index (χ0n) is 18.4. The van der Waals surface area contributed by atoms with E-state index >= 15 is 0 Å². The number of imidazole rings is 1. The number of methoxy groups -OCH3 is 1. The van der Waals surface area contributed by atoms with Crippen molar-refractivity contribution in [1.29, 1.82) is 0 Å². The Morgan fingerprint density at radius 1 is 1.20 bits per heavy atom. The molecule has 10 nitrogen and oxygen atoms in total. The number of ether oxygens (including phenoxy) is 1. The first kappa shape index (κ1) is 25.2. The Bertz CT molecular complexity index is 1250. The van der Waals surface area contributed by atoms with Crippen molar-refractivity contribution in [2.24, 2.45) is 0 Å². The molecule has 0 unspecified atom stereocenters. The molecule has 2 heterocycles. The van der Waals surface area contributed by atoms with E-state index in [1.54, 1.807) is 27.8 Å². The van der Waals surface area contributed by atoms with Gasteiger partial charge in [-0.3, -0.25) is 14.8 Å². The van der Waals surface area contributed by atoms with Gasteiger partial charge in [-0.25, -0.2) is 9.99 Å². The zero-order chi connectivity index (χ0) is 25.1. The number of hydrogen-bond donors (Lipinski definition) is 1. The van der Waals surface area contributed by atoms with Gasteiger partial charge >= 0.3 is 0 Å². The van der Waals surface area contributed by atoms with Gasteiger partial charge in [0.25, 0.3) is 11.0 Å². The molecular formula is C22H20BrCl2N5O5. The third kappa shape index (κ3) is 5.69. The molecular weight excluding hydrogens is 565 g/mol. The molecule has 13 heteroatoms. The molecule has 35 heavy (non-hydrogen) atoms. The van der Waals surface area contributed by atoms with E-state index in [4.69, 9.17) is 27.9 Å². The summed E-state index contributed by atoms with van der Waals surface area (Å²) < 4.78 is 8.23. The zero-order valence-corrected chi connectivity index (χ0v) is 21.5. The Balaban J connectivity index is 1.69. The van der Waals surface area contributed by atoms with E-state index < -0.39 is 17.1 Å². The fourth-order valence-electron chi connectivity index (χ4n) is 3.81. The van der Waals surface area contributed by atoms with Gasteiger partial charge in [-0.15, -0.1) is 10.1 Å². The molecule has 0 bridgehead atoms. The first-order chi connectivity index (χ1) is 16.8. The maximum absolute atomic E-state index is 13.3. The molecule has 1 fully saturated rings. The molecule has 0 atom stereocenters. The topological polar surface area (TPSA) is 112 Å². The minimum atomic E-state index is -0.790. The molecule has 4 rings (SSSR count). The molecule has 1 saturated heterocycles. The lowest BCUT2D eigenvalue weighted by Gasteiger charge is -2.30. The van der Waals surface area contributed by atoms with Crippen LogP contribution in [-0.2, 0) is 4.84 Å². The van der Waals surface area contributed by atoms with E-state index in [2.05, 4.69) is 31.2 Å². The van der Waals surface area contributed by atoms with Crippen molar-refractivity contribution in [3.05, 3.63) is 72.8 Å². The lowest BCUT2D eigenvalue weighted by molar-refractivity contribution is -0.769. The highest BCUT2D eigenvalue weighted by Gasteiger charge is 2.29. The Morgan fingerprint density at radius 3 is 2.49 bits per heavy atom. The summed E-state index contributed by atoms with van der Waals surface area (Å²) in [6.45, 7) is 0.770. The summed E-state index contributed by atoms with van der Waals surface area (Å²) in [4.78, 5) is 33.1. The summed E-state index contributed by atoms with van der Waals surface area (Å²) in [7, 11) is 1.46. The van der Waals surface area contributed by atoms with Crippen molar-refractivity contribution in [3.8, 4) is 23.0 Å². The van der Waals surface area contributed by atoms with Crippen LogP contribution in [0.15, 0.2) is 46.9 Å². The number of amides is 1. The molecule has 1 N–H and O–H groups in total. The highest BCUT2D eigenvalue weighted by molar-refractivity contribution is 9.10. The Hall–Kier alpha value is -2.86. The van der Waals surface area contributed by atoms with Gasteiger partial charge in [-0.1, -0.05) is 39.1 Å². The average molecular weight is 585 g/mol. The molecule has 1 aliphatic heterocycles. The molecule has 184 valence electrons. The van der Waals surface area contributed by atoms with Crippen LogP contribution >= 0.6 is 39.1 Å². The summed E-state index contributed by atoms with van der Waals surface area (Å²) in [5.41, 5.74) is 4.14. The quantitative estimate of drug-likeness (QED) is 0.309. The van der Waals surface area contributed by atoms with Crippen LogP contribution in [0.3, 0.4) is 0 Å². The molecule has 1 aromatic heterocycles. The highest BCUT2D eigenvalue weighted by atomic mass is 79.9. The monoisotopic (exact) mass is 583 g/mol. The normalized spacial score (nSPS) is 14.5. The third-order valence-electron chi connectivity index (χ3n) is 5.44. The fraction of sp³-hybridized carbons (Fsp3) is 0.273. The Morgan fingerprint density at radius 2 is 1.89 bits per heavy atom. The van der Waals surface area contributed by atoms with Gasteiger partial charge < -0.3 is 9.57 Å². The van der Waals surface area contributed by atoms with Gasteiger partial charge in [0.2, 0.25) is 5.88 Å². The summed E-state index contributed by atoms with van der Waals surface area (Å²) >= 11 is 16.0. The summed E-state index contributed by atoms with van der Waals surface area (Å²) in [5, 5.41) is 12.3. The van der Waals surface area contributed by atoms with Crippen LogP contribution in [0.25, 0.3) is 17.1 Å². The largest absolute Gasteiger partial charge is 0.480 e. The van der Waals surface area contributed by atoms with Crippen LogP contribution in [-0.4, -0.2) is 51.9 Å². The molecule has 1 amide bonds. The van der Waals surface area contributed by atoms with E-state index in [9.17, 15) is 14.9 Å². The van der Waals surface area contributed by atoms with Crippen LogP contribution in [0.1, 0.15) is 23.3 Å². The number of benzene rings is 2. The lowest BCUT2D eigenvalue weighted by atomic mass is 10.1. The van der Waals surface area contributed by atoms with Crippen LogP contribution in [0.5, 0.6) is 5.88 Å². The van der Waals surface area contributed by atoms with Crippen molar-refractivity contribution in [3.63, 3.8) is 0 Å². The van der Waals surface area contributed by atoms with Crippen molar-refractivity contribution in [2.45, 2.75) is 18.9 Å². The Kier molecular flexibility index (Phi) is 7.80. The van der Waals surface area contributed by atoms with Gasteiger partial charge in [0.05, 0.1) is 17.8 Å². The lowest BCUT2D eigenvalue weighted by Crippen LogP contribution is -2.48. The first-order valence-electron chi connectivity index (χ1n) is 10.5. The molecule has 0 spiro atoms. The van der Waals surface area contributed by atoms with Crippen molar-refractivity contribution >= 4 is 45.0 Å². The van der Waals surface area contributed by atoms with E-state index in [0.29, 0.717) is 53.1 Å². The van der Waals surface area contributed by atoms with E-state index in [-0.39, 0.29) is 11.6 Å². The van der Waals surface area contributed by atoms with Crippen molar-refractivity contribution < 1.29 is 19.5 Å². The minimum absolute atomic E-state index is 0.0556. The molecule has 2 aromatic carbocycles. The number of nitrogens with zero attached hydrogens (tertiary/aromatic N) is 4. The van der Waals surface area contributed by atoms with Crippen molar-refractivity contribution in [2.75, 3.05) is 20.2 Å². The smallest absolute Gasteiger partial charge is 0.294 e. The maximum atomic E-state index is 13.3. The van der Waals surface area contributed by atoms with E-state index in [0.717, 1.165) is 4.47 Å². The highest BCUT2D eigenvalue weighted by Crippen LogP contribution is 2.36. The maximum Gasteiger partial charge on any atom is 0.294 e. The van der Waals surface area contributed by atoms with Crippen LogP contribution < -0.4 is 10.2 Å². The van der Waals surface area contributed by atoms with Crippen molar-refractivity contribution in [1.82, 2.24) is 20.0 Å². The third-order valence-corrected chi connectivity index (χ3v) is 6.51. The van der Waals surface area contributed by atoms with Gasteiger partial charge in [-0.05, 0) is 55.3 Å². The predicted molar refractivity (Wildman–Crippen MR) is 133 cm³/mol.